The molecule has 0 aliphatic rings. The van der Waals surface area contributed by atoms with Gasteiger partial charge < -0.3 is 20.7 Å². The summed E-state index contributed by atoms with van der Waals surface area (Å²) < 4.78 is 7.08. The largest absolute Gasteiger partial charge is 0.444 e. The molecule has 0 saturated carbocycles. The van der Waals surface area contributed by atoms with E-state index in [4.69, 9.17) is 4.74 Å². The highest BCUT2D eigenvalue weighted by molar-refractivity contribution is 14.0. The second-order valence-electron chi connectivity index (χ2n) is 7.24. The second kappa shape index (κ2) is 9.83. The number of halogens is 1. The Balaban J connectivity index is 0.00000576. The molecule has 0 saturated heterocycles. The van der Waals surface area contributed by atoms with Gasteiger partial charge in [0.1, 0.15) is 5.60 Å². The van der Waals surface area contributed by atoms with Crippen molar-refractivity contribution in [3.63, 3.8) is 0 Å². The van der Waals surface area contributed by atoms with Crippen LogP contribution in [0.3, 0.4) is 0 Å². The minimum Gasteiger partial charge on any atom is -0.444 e. The van der Waals surface area contributed by atoms with Crippen LogP contribution in [0, 0.1) is 0 Å². The van der Waals surface area contributed by atoms with Gasteiger partial charge in [0.25, 0.3) is 0 Å². The minimum absolute atomic E-state index is 0. The van der Waals surface area contributed by atoms with Gasteiger partial charge in [0.05, 0.1) is 17.8 Å². The van der Waals surface area contributed by atoms with Gasteiger partial charge in [-0.1, -0.05) is 0 Å². The predicted molar refractivity (Wildman–Crippen MR) is 110 cm³/mol. The van der Waals surface area contributed by atoms with Crippen LogP contribution in [0.15, 0.2) is 17.3 Å². The summed E-state index contributed by atoms with van der Waals surface area (Å²) in [6.07, 6.45) is 1.31. The summed E-state index contributed by atoms with van der Waals surface area (Å²) in [5.74, 6) is 0.648. The first-order valence-electron chi connectivity index (χ1n) is 7.95. The highest BCUT2D eigenvalue weighted by atomic mass is 127. The Hall–Kier alpha value is -1.52. The van der Waals surface area contributed by atoms with E-state index in [1.807, 2.05) is 47.7 Å². The molecule has 1 rings (SSSR count). The molecule has 9 heteroatoms. The number of aliphatic imine (C=N–C) groups is 1. The molecule has 0 bridgehead atoms. The van der Waals surface area contributed by atoms with Gasteiger partial charge in [-0.25, -0.2) is 4.79 Å². The topological polar surface area (TPSA) is 92.6 Å². The predicted octanol–water partition coefficient (Wildman–Crippen LogP) is 2.01. The van der Waals surface area contributed by atoms with E-state index in [1.54, 1.807) is 17.9 Å². The van der Waals surface area contributed by atoms with E-state index in [1.165, 1.54) is 0 Å². The Kier molecular flexibility index (Phi) is 9.23. The standard InChI is InChI=1S/C16H30N6O2.HI/c1-15(2,3)24-14(23)21-16(4,5)11-19-13(17-6)18-10-12-8-9-20-22(12)7;/h8-9H,10-11H2,1-7H3,(H,21,23)(H2,17,18,19);1H. The Morgan fingerprint density at radius 1 is 1.28 bits per heavy atom. The Morgan fingerprint density at radius 3 is 2.40 bits per heavy atom. The minimum atomic E-state index is -0.520. The average molecular weight is 466 g/mol. The van der Waals surface area contributed by atoms with Crippen molar-refractivity contribution >= 4 is 36.0 Å². The molecule has 8 nitrogen and oxygen atoms in total. The van der Waals surface area contributed by atoms with Crippen molar-refractivity contribution in [1.29, 1.82) is 0 Å². The molecular weight excluding hydrogens is 435 g/mol. The Labute approximate surface area is 167 Å². The zero-order chi connectivity index (χ0) is 18.4. The fourth-order valence-electron chi connectivity index (χ4n) is 1.90. The van der Waals surface area contributed by atoms with Crippen molar-refractivity contribution < 1.29 is 9.53 Å². The summed E-state index contributed by atoms with van der Waals surface area (Å²) in [6.45, 7) is 10.4. The van der Waals surface area contributed by atoms with E-state index in [0.717, 1.165) is 5.69 Å². The first kappa shape index (κ1) is 23.5. The number of hydrogen-bond donors (Lipinski definition) is 3. The normalized spacial score (nSPS) is 12.2. The van der Waals surface area contributed by atoms with Crippen molar-refractivity contribution in [1.82, 2.24) is 25.7 Å². The highest BCUT2D eigenvalue weighted by Gasteiger charge is 2.24. The summed E-state index contributed by atoms with van der Waals surface area (Å²) >= 11 is 0. The third-order valence-electron chi connectivity index (χ3n) is 3.12. The lowest BCUT2D eigenvalue weighted by atomic mass is 10.1. The second-order valence-corrected chi connectivity index (χ2v) is 7.24. The van der Waals surface area contributed by atoms with E-state index in [-0.39, 0.29) is 24.0 Å². The van der Waals surface area contributed by atoms with Crippen molar-refractivity contribution in [2.75, 3.05) is 13.6 Å². The van der Waals surface area contributed by atoms with Gasteiger partial charge in [0.15, 0.2) is 5.96 Å². The molecule has 0 aromatic carbocycles. The fraction of sp³-hybridized carbons (Fsp3) is 0.688. The van der Waals surface area contributed by atoms with Gasteiger partial charge in [-0.15, -0.1) is 24.0 Å². The van der Waals surface area contributed by atoms with E-state index in [2.05, 4.69) is 26.0 Å². The molecule has 1 aromatic rings. The van der Waals surface area contributed by atoms with Gasteiger partial charge in [0, 0.05) is 26.8 Å². The number of alkyl carbamates (subject to hydrolysis) is 1. The fourth-order valence-corrected chi connectivity index (χ4v) is 1.90. The Bertz CT molecular complexity index is 577. The van der Waals surface area contributed by atoms with Crippen molar-refractivity contribution in [2.45, 2.75) is 52.3 Å². The zero-order valence-electron chi connectivity index (χ0n) is 16.1. The number of carbonyl (C=O) groups is 1. The number of aromatic nitrogens is 2. The van der Waals surface area contributed by atoms with Crippen LogP contribution in [0.2, 0.25) is 0 Å². The molecule has 0 atom stereocenters. The lowest BCUT2D eigenvalue weighted by Gasteiger charge is -2.29. The van der Waals surface area contributed by atoms with Crippen LogP contribution >= 0.6 is 24.0 Å². The number of guanidine groups is 1. The third-order valence-corrected chi connectivity index (χ3v) is 3.12. The van der Waals surface area contributed by atoms with Crippen LogP contribution < -0.4 is 16.0 Å². The quantitative estimate of drug-likeness (QED) is 0.351. The van der Waals surface area contributed by atoms with E-state index >= 15 is 0 Å². The molecule has 0 radical (unpaired) electrons. The first-order valence-corrected chi connectivity index (χ1v) is 7.95. The number of amides is 1. The molecule has 1 aromatic heterocycles. The summed E-state index contributed by atoms with van der Waals surface area (Å²) in [6, 6.07) is 1.94. The summed E-state index contributed by atoms with van der Waals surface area (Å²) in [7, 11) is 3.59. The molecule has 0 unspecified atom stereocenters. The number of nitrogens with zero attached hydrogens (tertiary/aromatic N) is 3. The monoisotopic (exact) mass is 466 g/mol. The summed E-state index contributed by atoms with van der Waals surface area (Å²) in [4.78, 5) is 16.1. The maximum Gasteiger partial charge on any atom is 0.408 e. The van der Waals surface area contributed by atoms with Crippen LogP contribution in [0.1, 0.15) is 40.3 Å². The molecule has 0 spiro atoms. The van der Waals surface area contributed by atoms with Crippen LogP contribution in [0.4, 0.5) is 4.79 Å². The summed E-state index contributed by atoms with van der Waals surface area (Å²) in [5, 5.41) is 13.4. The van der Waals surface area contributed by atoms with Crippen LogP contribution in [-0.2, 0) is 18.3 Å². The van der Waals surface area contributed by atoms with Gasteiger partial charge in [-0.05, 0) is 40.7 Å². The van der Waals surface area contributed by atoms with Gasteiger partial charge in [-0.2, -0.15) is 5.10 Å². The van der Waals surface area contributed by atoms with Crippen LogP contribution in [-0.4, -0.2) is 46.6 Å². The van der Waals surface area contributed by atoms with Gasteiger partial charge >= 0.3 is 6.09 Å². The maximum atomic E-state index is 11.9. The number of ether oxygens (including phenoxy) is 1. The molecule has 0 fully saturated rings. The number of hydrogen-bond acceptors (Lipinski definition) is 4. The smallest absolute Gasteiger partial charge is 0.408 e. The van der Waals surface area contributed by atoms with Crippen molar-refractivity contribution in [3.05, 3.63) is 18.0 Å². The Morgan fingerprint density at radius 2 is 1.92 bits per heavy atom. The lowest BCUT2D eigenvalue weighted by molar-refractivity contribution is 0.0474. The maximum absolute atomic E-state index is 11.9. The molecule has 0 aliphatic carbocycles. The third kappa shape index (κ3) is 9.51. The molecule has 1 heterocycles. The molecule has 3 N–H and O–H groups in total. The zero-order valence-corrected chi connectivity index (χ0v) is 18.5. The molecule has 0 aliphatic heterocycles. The summed E-state index contributed by atoms with van der Waals surface area (Å²) in [5.41, 5.74) is 0.0323. The van der Waals surface area contributed by atoms with Crippen LogP contribution in [0.25, 0.3) is 0 Å². The van der Waals surface area contributed by atoms with Crippen molar-refractivity contribution in [3.8, 4) is 0 Å². The highest BCUT2D eigenvalue weighted by Crippen LogP contribution is 2.09. The molecule has 1 amide bonds. The first-order chi connectivity index (χ1) is 11.0. The number of carbonyl (C=O) groups excluding carboxylic acids is 1. The van der Waals surface area contributed by atoms with E-state index < -0.39 is 17.2 Å². The lowest BCUT2D eigenvalue weighted by Crippen LogP contribution is -2.54. The van der Waals surface area contributed by atoms with Gasteiger partial charge in [0.2, 0.25) is 0 Å². The average Bonchev–Trinajstić information content (AvgIpc) is 2.81. The number of aryl methyl sites for hydroxylation is 1. The molecular formula is C16H31IN6O2. The molecule has 144 valence electrons. The molecule has 25 heavy (non-hydrogen) atoms. The van der Waals surface area contributed by atoms with Crippen LogP contribution in [0.5, 0.6) is 0 Å². The van der Waals surface area contributed by atoms with E-state index in [0.29, 0.717) is 19.0 Å². The van der Waals surface area contributed by atoms with E-state index in [9.17, 15) is 4.79 Å². The number of rotatable bonds is 5. The van der Waals surface area contributed by atoms with Gasteiger partial charge in [-0.3, -0.25) is 9.67 Å². The number of nitrogens with one attached hydrogen (secondary N) is 3. The van der Waals surface area contributed by atoms with Crippen molar-refractivity contribution in [2.24, 2.45) is 12.0 Å². The SMILES string of the molecule is CN=C(NCc1ccnn1C)NCC(C)(C)NC(=O)OC(C)(C)C.I.